The fourth-order valence-corrected chi connectivity index (χ4v) is 2.31. The first-order chi connectivity index (χ1) is 9.11. The fraction of sp³-hybridized carbons (Fsp3) is 0.333. The summed E-state index contributed by atoms with van der Waals surface area (Å²) in [7, 11) is 3.30. The quantitative estimate of drug-likeness (QED) is 0.610. The van der Waals surface area contributed by atoms with Crippen LogP contribution in [0.2, 0.25) is 0 Å². The van der Waals surface area contributed by atoms with Crippen molar-refractivity contribution in [2.75, 3.05) is 12.9 Å². The van der Waals surface area contributed by atoms with Crippen molar-refractivity contribution < 1.29 is 9.53 Å². The molecule has 7 heteroatoms. The summed E-state index contributed by atoms with van der Waals surface area (Å²) in [6.07, 6.45) is 0. The third kappa shape index (κ3) is 3.11. The third-order valence-electron chi connectivity index (χ3n) is 2.57. The highest BCUT2D eigenvalue weighted by Gasteiger charge is 2.14. The monoisotopic (exact) mass is 278 g/mol. The third-order valence-corrected chi connectivity index (χ3v) is 3.58. The number of hydrogen-bond acceptors (Lipinski definition) is 6. The highest BCUT2D eigenvalue weighted by Crippen LogP contribution is 2.23. The van der Waals surface area contributed by atoms with Crippen LogP contribution in [0.4, 0.5) is 0 Å². The number of thioether (sulfide) groups is 1. The first-order valence-electron chi connectivity index (χ1n) is 5.65. The number of methoxy groups -OCH3 is 1. The van der Waals surface area contributed by atoms with Crippen molar-refractivity contribution in [3.8, 4) is 5.75 Å². The fourth-order valence-electron chi connectivity index (χ4n) is 1.58. The molecule has 0 spiro atoms. The van der Waals surface area contributed by atoms with Gasteiger partial charge >= 0.3 is 0 Å². The van der Waals surface area contributed by atoms with Crippen LogP contribution in [0, 0.1) is 6.92 Å². The zero-order valence-corrected chi connectivity index (χ0v) is 11.8. The molecule has 1 aromatic heterocycles. The smallest absolute Gasteiger partial charge is 0.209 e. The molecule has 100 valence electrons. The van der Waals surface area contributed by atoms with Gasteiger partial charge in [-0.15, -0.1) is 5.10 Å². The summed E-state index contributed by atoms with van der Waals surface area (Å²) in [5, 5.41) is 11.7. The molecule has 19 heavy (non-hydrogen) atoms. The number of aromatic nitrogens is 4. The molecule has 0 aliphatic heterocycles. The van der Waals surface area contributed by atoms with Gasteiger partial charge in [0.1, 0.15) is 5.75 Å². The highest BCUT2D eigenvalue weighted by atomic mass is 32.2. The zero-order chi connectivity index (χ0) is 13.8. The van der Waals surface area contributed by atoms with Crippen molar-refractivity contribution in [2.24, 2.45) is 7.05 Å². The lowest BCUT2D eigenvalue weighted by atomic mass is 10.1. The minimum atomic E-state index is -0.00940. The van der Waals surface area contributed by atoms with E-state index in [0.717, 1.165) is 5.56 Å². The predicted molar refractivity (Wildman–Crippen MR) is 71.6 cm³/mol. The molecular weight excluding hydrogens is 264 g/mol. The Morgan fingerprint density at radius 2 is 2.26 bits per heavy atom. The van der Waals surface area contributed by atoms with E-state index in [0.29, 0.717) is 16.5 Å². The van der Waals surface area contributed by atoms with Crippen molar-refractivity contribution in [1.82, 2.24) is 20.2 Å². The van der Waals surface area contributed by atoms with Gasteiger partial charge in [0, 0.05) is 7.05 Å². The maximum absolute atomic E-state index is 12.2. The molecule has 0 saturated carbocycles. The molecule has 0 aliphatic rings. The number of aryl methyl sites for hydroxylation is 2. The van der Waals surface area contributed by atoms with Gasteiger partial charge in [-0.3, -0.25) is 4.79 Å². The summed E-state index contributed by atoms with van der Waals surface area (Å²) in [5.41, 5.74) is 1.63. The molecule has 1 aromatic carbocycles. The Hall–Kier alpha value is -1.89. The summed E-state index contributed by atoms with van der Waals surface area (Å²) in [4.78, 5) is 12.2. The maximum atomic E-state index is 12.2. The molecule has 0 radical (unpaired) electrons. The van der Waals surface area contributed by atoms with E-state index in [9.17, 15) is 4.79 Å². The lowest BCUT2D eigenvalue weighted by Gasteiger charge is -2.08. The largest absolute Gasteiger partial charge is 0.496 e. The Balaban J connectivity index is 2.10. The van der Waals surface area contributed by atoms with Crippen LogP contribution in [0.1, 0.15) is 15.9 Å². The van der Waals surface area contributed by atoms with Gasteiger partial charge in [0.15, 0.2) is 5.78 Å². The number of ketones is 1. The normalized spacial score (nSPS) is 10.5. The molecule has 1 heterocycles. The van der Waals surface area contributed by atoms with Crippen LogP contribution in [0.15, 0.2) is 23.4 Å². The van der Waals surface area contributed by atoms with Gasteiger partial charge < -0.3 is 4.74 Å². The first kappa shape index (κ1) is 13.5. The Morgan fingerprint density at radius 3 is 2.89 bits per heavy atom. The van der Waals surface area contributed by atoms with E-state index in [1.807, 2.05) is 19.1 Å². The van der Waals surface area contributed by atoms with Gasteiger partial charge in [-0.2, -0.15) is 0 Å². The minimum absolute atomic E-state index is 0.00940. The summed E-state index contributed by atoms with van der Waals surface area (Å²) in [6.45, 7) is 1.96. The van der Waals surface area contributed by atoms with E-state index in [2.05, 4.69) is 15.5 Å². The van der Waals surface area contributed by atoms with E-state index < -0.39 is 0 Å². The lowest BCUT2D eigenvalue weighted by molar-refractivity contribution is 0.101. The SMILES string of the molecule is COc1cc(C)ccc1C(=O)CSc1nnnn1C. The van der Waals surface area contributed by atoms with Gasteiger partial charge in [-0.05, 0) is 35.0 Å². The number of nitrogens with zero attached hydrogens (tertiary/aromatic N) is 4. The molecule has 2 rings (SSSR count). The molecule has 0 bridgehead atoms. The van der Waals surface area contributed by atoms with Gasteiger partial charge in [0.2, 0.25) is 5.16 Å². The van der Waals surface area contributed by atoms with Crippen molar-refractivity contribution in [3.63, 3.8) is 0 Å². The molecule has 0 fully saturated rings. The minimum Gasteiger partial charge on any atom is -0.496 e. The van der Waals surface area contributed by atoms with Gasteiger partial charge in [0.25, 0.3) is 0 Å². The van der Waals surface area contributed by atoms with Gasteiger partial charge in [0.05, 0.1) is 18.4 Å². The van der Waals surface area contributed by atoms with E-state index in [1.54, 1.807) is 20.2 Å². The zero-order valence-electron chi connectivity index (χ0n) is 11.0. The molecule has 2 aromatic rings. The average molecular weight is 278 g/mol. The molecule has 0 unspecified atom stereocenters. The molecule has 0 aliphatic carbocycles. The van der Waals surface area contributed by atoms with Crippen LogP contribution in [0.5, 0.6) is 5.75 Å². The van der Waals surface area contributed by atoms with Crippen LogP contribution >= 0.6 is 11.8 Å². The van der Waals surface area contributed by atoms with E-state index in [-0.39, 0.29) is 11.5 Å². The Bertz CT molecular complexity index is 597. The molecule has 6 nitrogen and oxygen atoms in total. The van der Waals surface area contributed by atoms with Crippen molar-refractivity contribution >= 4 is 17.5 Å². The van der Waals surface area contributed by atoms with E-state index in [4.69, 9.17) is 4.74 Å². The summed E-state index contributed by atoms with van der Waals surface area (Å²) >= 11 is 1.30. The summed E-state index contributed by atoms with van der Waals surface area (Å²) in [6, 6.07) is 5.53. The number of rotatable bonds is 5. The van der Waals surface area contributed by atoms with Crippen molar-refractivity contribution in [3.05, 3.63) is 29.3 Å². The second-order valence-electron chi connectivity index (χ2n) is 4.00. The topological polar surface area (TPSA) is 69.9 Å². The number of benzene rings is 1. The van der Waals surface area contributed by atoms with Crippen LogP contribution in [0.25, 0.3) is 0 Å². The van der Waals surface area contributed by atoms with Crippen LogP contribution in [0.3, 0.4) is 0 Å². The number of Topliss-reactive ketones (excluding diaryl/α,β-unsaturated/α-hetero) is 1. The molecule has 0 saturated heterocycles. The van der Waals surface area contributed by atoms with E-state index in [1.165, 1.54) is 16.4 Å². The Kier molecular flexibility index (Phi) is 4.16. The second-order valence-corrected chi connectivity index (χ2v) is 4.94. The Morgan fingerprint density at radius 1 is 1.47 bits per heavy atom. The number of carbonyl (C=O) groups is 1. The highest BCUT2D eigenvalue weighted by molar-refractivity contribution is 7.99. The summed E-state index contributed by atoms with van der Waals surface area (Å²) in [5.74, 6) is 0.861. The Labute approximate surface area is 115 Å². The molecular formula is C12H14N4O2S. The molecule has 0 N–H and O–H groups in total. The van der Waals surface area contributed by atoms with Crippen LogP contribution < -0.4 is 4.74 Å². The lowest BCUT2D eigenvalue weighted by Crippen LogP contribution is -2.06. The second kappa shape index (κ2) is 5.83. The number of ether oxygens (including phenoxy) is 1. The van der Waals surface area contributed by atoms with Crippen molar-refractivity contribution in [1.29, 1.82) is 0 Å². The standard InChI is InChI=1S/C12H14N4O2S/c1-8-4-5-9(11(6-8)18-3)10(17)7-19-12-13-14-15-16(12)2/h4-6H,7H2,1-3H3. The van der Waals surface area contributed by atoms with Gasteiger partial charge in [-0.1, -0.05) is 17.8 Å². The van der Waals surface area contributed by atoms with Gasteiger partial charge in [-0.25, -0.2) is 4.68 Å². The molecule has 0 amide bonds. The van der Waals surface area contributed by atoms with E-state index >= 15 is 0 Å². The molecule has 0 atom stereocenters. The first-order valence-corrected chi connectivity index (χ1v) is 6.63. The number of tetrazole rings is 1. The number of carbonyl (C=O) groups excluding carboxylic acids is 1. The van der Waals surface area contributed by atoms with Crippen LogP contribution in [-0.4, -0.2) is 38.9 Å². The predicted octanol–water partition coefficient (Wildman–Crippen LogP) is 1.50. The van der Waals surface area contributed by atoms with Crippen molar-refractivity contribution in [2.45, 2.75) is 12.1 Å². The average Bonchev–Trinajstić information content (AvgIpc) is 2.81. The van der Waals surface area contributed by atoms with Crippen LogP contribution in [-0.2, 0) is 7.05 Å². The summed E-state index contributed by atoms with van der Waals surface area (Å²) < 4.78 is 6.76. The maximum Gasteiger partial charge on any atom is 0.209 e. The number of hydrogen-bond donors (Lipinski definition) is 0.